The first kappa shape index (κ1) is 10.9. The van der Waals surface area contributed by atoms with E-state index in [0.717, 1.165) is 32.9 Å². The average molecular weight is 193 g/mol. The predicted octanol–water partition coefficient (Wildman–Crippen LogP) is 1.39. The fourth-order valence-corrected chi connectivity index (χ4v) is 1.64. The molecule has 2 N–H and O–H groups in total. The molecule has 2 nitrogen and oxygen atoms in total. The number of nitrogens with one attached hydrogen (secondary N) is 1. The highest BCUT2D eigenvalue weighted by Gasteiger charge is 2.37. The molecule has 0 amide bonds. The van der Waals surface area contributed by atoms with E-state index < -0.39 is 12.0 Å². The lowest BCUT2D eigenvalue weighted by Crippen LogP contribution is -2.36. The minimum atomic E-state index is -2.91. The standard InChI is InChI=1S/C9H17F2NO/c1-7(13)9(10,11)6-8-2-4-12-5-3-8/h7-8,12-13H,2-6H2,1H3. The van der Waals surface area contributed by atoms with Gasteiger partial charge in [0, 0.05) is 6.42 Å². The molecule has 0 aromatic rings. The second kappa shape index (κ2) is 4.33. The van der Waals surface area contributed by atoms with Gasteiger partial charge in [0.25, 0.3) is 5.92 Å². The Bertz CT molecular complexity index is 156. The van der Waals surface area contributed by atoms with Crippen molar-refractivity contribution in [2.45, 2.75) is 38.2 Å². The van der Waals surface area contributed by atoms with Crippen LogP contribution in [0.15, 0.2) is 0 Å². The lowest BCUT2D eigenvalue weighted by molar-refractivity contribution is -0.115. The molecule has 1 aliphatic rings. The maximum absolute atomic E-state index is 13.1. The van der Waals surface area contributed by atoms with Crippen LogP contribution in [0.4, 0.5) is 8.78 Å². The highest BCUT2D eigenvalue weighted by Crippen LogP contribution is 2.30. The van der Waals surface area contributed by atoms with Crippen LogP contribution in [0, 0.1) is 5.92 Å². The van der Waals surface area contributed by atoms with E-state index in [-0.39, 0.29) is 12.3 Å². The quantitative estimate of drug-likeness (QED) is 0.710. The van der Waals surface area contributed by atoms with Crippen LogP contribution in [0.25, 0.3) is 0 Å². The van der Waals surface area contributed by atoms with E-state index in [9.17, 15) is 8.78 Å². The van der Waals surface area contributed by atoms with E-state index in [0.29, 0.717) is 0 Å². The monoisotopic (exact) mass is 193 g/mol. The van der Waals surface area contributed by atoms with Crippen LogP contribution in [0.5, 0.6) is 0 Å². The summed E-state index contributed by atoms with van der Waals surface area (Å²) in [6, 6.07) is 0. The number of rotatable bonds is 3. The van der Waals surface area contributed by atoms with E-state index in [1.54, 1.807) is 0 Å². The molecule has 1 unspecified atom stereocenters. The molecule has 78 valence electrons. The first-order valence-electron chi connectivity index (χ1n) is 4.79. The van der Waals surface area contributed by atoms with Gasteiger partial charge < -0.3 is 10.4 Å². The molecule has 1 atom stereocenters. The Morgan fingerprint density at radius 3 is 2.46 bits per heavy atom. The molecule has 1 saturated heterocycles. The van der Waals surface area contributed by atoms with E-state index in [1.807, 2.05) is 0 Å². The van der Waals surface area contributed by atoms with Crippen LogP contribution in [0.2, 0.25) is 0 Å². The van der Waals surface area contributed by atoms with Crippen molar-refractivity contribution in [1.29, 1.82) is 0 Å². The Morgan fingerprint density at radius 1 is 1.46 bits per heavy atom. The molecule has 1 fully saturated rings. The second-order valence-corrected chi connectivity index (χ2v) is 3.83. The number of halogens is 2. The van der Waals surface area contributed by atoms with Gasteiger partial charge in [-0.3, -0.25) is 0 Å². The number of hydrogen-bond acceptors (Lipinski definition) is 2. The topological polar surface area (TPSA) is 32.3 Å². The SMILES string of the molecule is CC(O)C(F)(F)CC1CCNCC1. The molecule has 0 aliphatic carbocycles. The van der Waals surface area contributed by atoms with E-state index >= 15 is 0 Å². The fraction of sp³-hybridized carbons (Fsp3) is 1.00. The average Bonchev–Trinajstić information content (AvgIpc) is 2.05. The van der Waals surface area contributed by atoms with Crippen LogP contribution in [-0.4, -0.2) is 30.2 Å². The first-order valence-corrected chi connectivity index (χ1v) is 4.79. The third-order valence-electron chi connectivity index (χ3n) is 2.63. The zero-order valence-corrected chi connectivity index (χ0v) is 7.89. The van der Waals surface area contributed by atoms with Crippen molar-refractivity contribution < 1.29 is 13.9 Å². The van der Waals surface area contributed by atoms with Crippen molar-refractivity contribution >= 4 is 0 Å². The zero-order chi connectivity index (χ0) is 9.90. The van der Waals surface area contributed by atoms with Crippen LogP contribution < -0.4 is 5.32 Å². The van der Waals surface area contributed by atoms with Crippen LogP contribution in [0.3, 0.4) is 0 Å². The first-order chi connectivity index (χ1) is 6.02. The summed E-state index contributed by atoms with van der Waals surface area (Å²) in [4.78, 5) is 0. The minimum Gasteiger partial charge on any atom is -0.387 e. The van der Waals surface area contributed by atoms with Gasteiger partial charge in [-0.2, -0.15) is 0 Å². The molecule has 1 aliphatic heterocycles. The van der Waals surface area contributed by atoms with Crippen molar-refractivity contribution in [3.8, 4) is 0 Å². The maximum Gasteiger partial charge on any atom is 0.273 e. The van der Waals surface area contributed by atoms with Crippen molar-refractivity contribution in [3.63, 3.8) is 0 Å². The smallest absolute Gasteiger partial charge is 0.273 e. The Kier molecular flexibility index (Phi) is 3.62. The van der Waals surface area contributed by atoms with Gasteiger partial charge >= 0.3 is 0 Å². The number of piperidine rings is 1. The molecule has 0 aromatic carbocycles. The summed E-state index contributed by atoms with van der Waals surface area (Å²) in [5, 5.41) is 12.0. The van der Waals surface area contributed by atoms with Gasteiger partial charge in [-0.15, -0.1) is 0 Å². The second-order valence-electron chi connectivity index (χ2n) is 3.83. The van der Waals surface area contributed by atoms with Crippen molar-refractivity contribution in [2.24, 2.45) is 5.92 Å². The summed E-state index contributed by atoms with van der Waals surface area (Å²) in [6.45, 7) is 2.79. The largest absolute Gasteiger partial charge is 0.387 e. The molecular weight excluding hydrogens is 176 g/mol. The summed E-state index contributed by atoms with van der Waals surface area (Å²) in [5.74, 6) is -2.85. The molecule has 13 heavy (non-hydrogen) atoms. The third kappa shape index (κ3) is 3.19. The van der Waals surface area contributed by atoms with E-state index in [4.69, 9.17) is 5.11 Å². The van der Waals surface area contributed by atoms with Gasteiger partial charge in [0.1, 0.15) is 6.10 Å². The lowest BCUT2D eigenvalue weighted by atomic mass is 9.90. The molecule has 0 radical (unpaired) electrons. The summed E-state index contributed by atoms with van der Waals surface area (Å²) in [7, 11) is 0. The molecule has 4 heteroatoms. The third-order valence-corrected chi connectivity index (χ3v) is 2.63. The predicted molar refractivity (Wildman–Crippen MR) is 46.8 cm³/mol. The lowest BCUT2D eigenvalue weighted by Gasteiger charge is -2.28. The molecule has 1 rings (SSSR count). The molecule has 0 spiro atoms. The zero-order valence-electron chi connectivity index (χ0n) is 7.89. The van der Waals surface area contributed by atoms with Crippen LogP contribution >= 0.6 is 0 Å². The highest BCUT2D eigenvalue weighted by molar-refractivity contribution is 4.79. The van der Waals surface area contributed by atoms with E-state index in [1.165, 1.54) is 0 Å². The van der Waals surface area contributed by atoms with Gasteiger partial charge in [0.15, 0.2) is 0 Å². The summed E-state index contributed by atoms with van der Waals surface area (Å²) >= 11 is 0. The van der Waals surface area contributed by atoms with Gasteiger partial charge in [-0.25, -0.2) is 8.78 Å². The minimum absolute atomic E-state index is 0.0610. The number of alkyl halides is 2. The van der Waals surface area contributed by atoms with E-state index in [2.05, 4.69) is 5.32 Å². The van der Waals surface area contributed by atoms with Crippen LogP contribution in [0.1, 0.15) is 26.2 Å². The van der Waals surface area contributed by atoms with Gasteiger partial charge in [0.05, 0.1) is 0 Å². The van der Waals surface area contributed by atoms with Crippen molar-refractivity contribution in [1.82, 2.24) is 5.32 Å². The van der Waals surface area contributed by atoms with Gasteiger partial charge in [0.2, 0.25) is 0 Å². The fourth-order valence-electron chi connectivity index (χ4n) is 1.64. The Labute approximate surface area is 77.3 Å². The number of hydrogen-bond donors (Lipinski definition) is 2. The molecule has 0 saturated carbocycles. The van der Waals surface area contributed by atoms with Crippen molar-refractivity contribution in [3.05, 3.63) is 0 Å². The summed E-state index contributed by atoms with van der Waals surface area (Å²) < 4.78 is 26.1. The number of aliphatic hydroxyl groups excluding tert-OH is 1. The number of aliphatic hydroxyl groups is 1. The normalized spacial score (nSPS) is 23.1. The highest BCUT2D eigenvalue weighted by atomic mass is 19.3. The van der Waals surface area contributed by atoms with Gasteiger partial charge in [-0.05, 0) is 38.8 Å². The Balaban J connectivity index is 2.37. The van der Waals surface area contributed by atoms with Gasteiger partial charge in [-0.1, -0.05) is 0 Å². The molecule has 0 aromatic heterocycles. The van der Waals surface area contributed by atoms with Crippen LogP contribution in [-0.2, 0) is 0 Å². The molecule has 0 bridgehead atoms. The van der Waals surface area contributed by atoms with Crippen molar-refractivity contribution in [2.75, 3.05) is 13.1 Å². The maximum atomic E-state index is 13.1. The molecular formula is C9H17F2NO. The Morgan fingerprint density at radius 2 is 2.00 bits per heavy atom. The summed E-state index contributed by atoms with van der Waals surface area (Å²) in [6.07, 6.45) is -0.112. The summed E-state index contributed by atoms with van der Waals surface area (Å²) in [5.41, 5.74) is 0. The Hall–Kier alpha value is -0.220. The molecule has 1 heterocycles.